The third-order valence-corrected chi connectivity index (χ3v) is 1.53. The van der Waals surface area contributed by atoms with E-state index in [1.54, 1.807) is 6.20 Å². The van der Waals surface area contributed by atoms with Crippen LogP contribution < -0.4 is 9.88 Å². The van der Waals surface area contributed by atoms with Gasteiger partial charge in [0, 0.05) is 6.08 Å². The molecule has 0 aliphatic carbocycles. The molecule has 0 aliphatic rings. The van der Waals surface area contributed by atoms with Crippen molar-refractivity contribution in [1.82, 2.24) is 4.98 Å². The number of aromatic nitrogens is 2. The zero-order valence-electron chi connectivity index (χ0n) is 7.00. The molecule has 0 bridgehead atoms. The summed E-state index contributed by atoms with van der Waals surface area (Å²) < 4.78 is 1.89. The molecule has 0 aliphatic heterocycles. The van der Waals surface area contributed by atoms with Gasteiger partial charge in [0.05, 0.1) is 18.9 Å². The fourth-order valence-electron chi connectivity index (χ4n) is 0.903. The van der Waals surface area contributed by atoms with E-state index < -0.39 is 0 Å². The quantitative estimate of drug-likeness (QED) is 0.497. The molecule has 1 heterocycles. The van der Waals surface area contributed by atoms with E-state index in [0.717, 1.165) is 6.54 Å². The van der Waals surface area contributed by atoms with E-state index in [1.165, 1.54) is 6.08 Å². The second-order valence-electron chi connectivity index (χ2n) is 2.29. The van der Waals surface area contributed by atoms with Crippen LogP contribution in [0.3, 0.4) is 0 Å². The van der Waals surface area contributed by atoms with Crippen molar-refractivity contribution in [2.75, 3.05) is 5.32 Å². The Kier molecular flexibility index (Phi) is 2.63. The molecule has 1 aromatic rings. The molecule has 1 amide bonds. The molecule has 0 aromatic carbocycles. The van der Waals surface area contributed by atoms with E-state index in [-0.39, 0.29) is 5.91 Å². The van der Waals surface area contributed by atoms with E-state index in [9.17, 15) is 4.79 Å². The maximum absolute atomic E-state index is 10.9. The molecular weight excluding hydrogens is 154 g/mol. The van der Waals surface area contributed by atoms with Gasteiger partial charge in [-0.05, 0) is 6.92 Å². The molecular formula is C8H12N3O+. The van der Waals surface area contributed by atoms with Gasteiger partial charge in [0.25, 0.3) is 0 Å². The van der Waals surface area contributed by atoms with Crippen LogP contribution in [0.2, 0.25) is 0 Å². The minimum atomic E-state index is -0.209. The summed E-state index contributed by atoms with van der Waals surface area (Å²) in [6, 6.07) is 0. The summed E-state index contributed by atoms with van der Waals surface area (Å²) in [6.07, 6.45) is 4.86. The van der Waals surface area contributed by atoms with Gasteiger partial charge in [0.1, 0.15) is 0 Å². The number of aryl methyl sites for hydroxylation is 1. The first-order valence-electron chi connectivity index (χ1n) is 3.78. The predicted molar refractivity (Wildman–Crippen MR) is 45.5 cm³/mol. The lowest BCUT2D eigenvalue weighted by molar-refractivity contribution is -0.677. The zero-order chi connectivity index (χ0) is 8.97. The number of imidazole rings is 1. The van der Waals surface area contributed by atoms with E-state index in [0.29, 0.717) is 5.95 Å². The van der Waals surface area contributed by atoms with Crippen LogP contribution >= 0.6 is 0 Å². The highest BCUT2D eigenvalue weighted by Gasteiger charge is 2.09. The van der Waals surface area contributed by atoms with Crippen molar-refractivity contribution in [1.29, 1.82) is 0 Å². The maximum Gasteiger partial charge on any atom is 0.362 e. The van der Waals surface area contributed by atoms with Gasteiger partial charge in [0.2, 0.25) is 0 Å². The zero-order valence-corrected chi connectivity index (χ0v) is 7.00. The molecule has 4 heteroatoms. The van der Waals surface area contributed by atoms with Crippen molar-refractivity contribution in [2.45, 2.75) is 13.5 Å². The fourth-order valence-corrected chi connectivity index (χ4v) is 0.903. The van der Waals surface area contributed by atoms with Crippen molar-refractivity contribution in [3.05, 3.63) is 25.0 Å². The molecule has 0 saturated heterocycles. The van der Waals surface area contributed by atoms with Crippen LogP contribution in [-0.2, 0) is 11.3 Å². The third kappa shape index (κ3) is 1.72. The highest BCUT2D eigenvalue weighted by atomic mass is 16.1. The van der Waals surface area contributed by atoms with Crippen LogP contribution in [0, 0.1) is 0 Å². The van der Waals surface area contributed by atoms with Crippen molar-refractivity contribution in [3.8, 4) is 0 Å². The highest BCUT2D eigenvalue weighted by molar-refractivity contribution is 5.97. The molecule has 0 saturated carbocycles. The standard InChI is InChI=1S/C8H11N3O/c1-3-7(12)10-8-9-5-6-11(8)4-2/h3,5-6H,1,4H2,2H3,(H,9,10,12)/p+1. The number of carbonyl (C=O) groups excluding carboxylic acids is 1. The van der Waals surface area contributed by atoms with E-state index in [4.69, 9.17) is 0 Å². The van der Waals surface area contributed by atoms with Gasteiger partial charge in [-0.15, -0.1) is 0 Å². The summed E-state index contributed by atoms with van der Waals surface area (Å²) >= 11 is 0. The molecule has 0 spiro atoms. The van der Waals surface area contributed by atoms with Crippen LogP contribution in [0.5, 0.6) is 0 Å². The van der Waals surface area contributed by atoms with E-state index in [2.05, 4.69) is 16.9 Å². The monoisotopic (exact) mass is 166 g/mol. The Hall–Kier alpha value is -1.58. The van der Waals surface area contributed by atoms with Crippen LogP contribution in [0.25, 0.3) is 0 Å². The van der Waals surface area contributed by atoms with Crippen molar-refractivity contribution in [2.24, 2.45) is 0 Å². The van der Waals surface area contributed by atoms with Crippen LogP contribution in [0.15, 0.2) is 25.0 Å². The Bertz CT molecular complexity index is 290. The summed E-state index contributed by atoms with van der Waals surface area (Å²) in [7, 11) is 0. The second kappa shape index (κ2) is 3.71. The number of amides is 1. The Labute approximate surface area is 70.9 Å². The normalized spacial score (nSPS) is 9.42. The maximum atomic E-state index is 10.9. The number of H-pyrrole nitrogens is 1. The van der Waals surface area contributed by atoms with Crippen LogP contribution in [-0.4, -0.2) is 10.9 Å². The number of anilines is 1. The molecule has 1 rings (SSSR count). The van der Waals surface area contributed by atoms with Crippen LogP contribution in [0.4, 0.5) is 5.95 Å². The molecule has 0 radical (unpaired) electrons. The second-order valence-corrected chi connectivity index (χ2v) is 2.29. The number of nitrogens with zero attached hydrogens (tertiary/aromatic N) is 1. The Morgan fingerprint density at radius 3 is 3.25 bits per heavy atom. The number of carbonyl (C=O) groups is 1. The largest absolute Gasteiger partial charge is 0.362 e. The molecule has 1 aromatic heterocycles. The summed E-state index contributed by atoms with van der Waals surface area (Å²) in [4.78, 5) is 13.8. The highest BCUT2D eigenvalue weighted by Crippen LogP contribution is 1.92. The van der Waals surface area contributed by atoms with Crippen molar-refractivity contribution in [3.63, 3.8) is 0 Å². The molecule has 4 nitrogen and oxygen atoms in total. The van der Waals surface area contributed by atoms with Gasteiger partial charge in [0.15, 0.2) is 0 Å². The molecule has 0 unspecified atom stereocenters. The van der Waals surface area contributed by atoms with Crippen LogP contribution in [0.1, 0.15) is 6.92 Å². The average Bonchev–Trinajstić information content (AvgIpc) is 2.51. The van der Waals surface area contributed by atoms with Gasteiger partial charge >= 0.3 is 11.9 Å². The van der Waals surface area contributed by atoms with Gasteiger partial charge in [-0.1, -0.05) is 6.58 Å². The van der Waals surface area contributed by atoms with Gasteiger partial charge in [-0.2, -0.15) is 0 Å². The minimum Gasteiger partial charge on any atom is -0.251 e. The molecule has 0 atom stereocenters. The summed E-state index contributed by atoms with van der Waals surface area (Å²) in [5, 5.41) is 2.64. The summed E-state index contributed by atoms with van der Waals surface area (Å²) in [6.45, 7) is 6.17. The lowest BCUT2D eigenvalue weighted by atomic mass is 10.6. The number of aromatic amines is 1. The number of hydrogen-bond acceptors (Lipinski definition) is 1. The smallest absolute Gasteiger partial charge is 0.251 e. The number of rotatable bonds is 3. The Morgan fingerprint density at radius 1 is 1.92 bits per heavy atom. The topological polar surface area (TPSA) is 48.8 Å². The van der Waals surface area contributed by atoms with Crippen molar-refractivity contribution < 1.29 is 9.36 Å². The fraction of sp³-hybridized carbons (Fsp3) is 0.250. The number of nitrogens with one attached hydrogen (secondary N) is 2. The molecule has 12 heavy (non-hydrogen) atoms. The summed E-state index contributed by atoms with van der Waals surface area (Å²) in [5.41, 5.74) is 0. The van der Waals surface area contributed by atoms with E-state index >= 15 is 0 Å². The first kappa shape index (κ1) is 8.52. The van der Waals surface area contributed by atoms with Gasteiger partial charge in [-0.3, -0.25) is 4.79 Å². The molecule has 0 fully saturated rings. The SMILES string of the molecule is C=CC(=O)Nc1[nH]cc[n+]1CC. The predicted octanol–water partition coefficient (Wildman–Crippen LogP) is 0.447. The van der Waals surface area contributed by atoms with E-state index in [1.807, 2.05) is 17.7 Å². The lowest BCUT2D eigenvalue weighted by Gasteiger charge is -1.95. The van der Waals surface area contributed by atoms with Gasteiger partial charge < -0.3 is 0 Å². The first-order valence-corrected chi connectivity index (χ1v) is 3.78. The average molecular weight is 166 g/mol. The first-order chi connectivity index (χ1) is 5.77. The Morgan fingerprint density at radius 2 is 2.67 bits per heavy atom. The molecule has 64 valence electrons. The minimum absolute atomic E-state index is 0.209. The summed E-state index contributed by atoms with van der Waals surface area (Å²) in [5.74, 6) is 0.474. The van der Waals surface area contributed by atoms with Crippen molar-refractivity contribution >= 4 is 11.9 Å². The third-order valence-electron chi connectivity index (χ3n) is 1.53. The molecule has 2 N–H and O–H groups in total. The number of hydrogen-bond donors (Lipinski definition) is 2. The lowest BCUT2D eigenvalue weighted by Crippen LogP contribution is -2.34. The van der Waals surface area contributed by atoms with Gasteiger partial charge in [-0.25, -0.2) is 14.9 Å². The Balaban J connectivity index is 2.74.